The fourth-order valence-electron chi connectivity index (χ4n) is 2.71. The zero-order chi connectivity index (χ0) is 22.1. The molecule has 0 radical (unpaired) electrons. The lowest BCUT2D eigenvalue weighted by Gasteiger charge is -2.08. The quantitative estimate of drug-likeness (QED) is 0.298. The van der Waals surface area contributed by atoms with Crippen molar-refractivity contribution in [2.75, 3.05) is 18.5 Å². The van der Waals surface area contributed by atoms with Gasteiger partial charge in [0.15, 0.2) is 5.13 Å². The lowest BCUT2D eigenvalue weighted by molar-refractivity contribution is -0.116. The maximum absolute atomic E-state index is 12.2. The second-order valence-electron chi connectivity index (χ2n) is 6.84. The van der Waals surface area contributed by atoms with Crippen LogP contribution in [0.25, 0.3) is 11.3 Å². The Morgan fingerprint density at radius 1 is 1.06 bits per heavy atom. The highest BCUT2D eigenvalue weighted by molar-refractivity contribution is 7.14. The van der Waals surface area contributed by atoms with Crippen molar-refractivity contribution in [2.45, 2.75) is 32.6 Å². The first-order chi connectivity index (χ1) is 15.0. The van der Waals surface area contributed by atoms with Gasteiger partial charge in [0, 0.05) is 22.4 Å². The third-order valence-corrected chi connectivity index (χ3v) is 5.66. The number of aromatic nitrogens is 1. The summed E-state index contributed by atoms with van der Waals surface area (Å²) < 4.78 is 11.3. The Labute approximate surface area is 196 Å². The van der Waals surface area contributed by atoms with Crippen molar-refractivity contribution in [1.29, 1.82) is 0 Å². The normalized spacial score (nSPS) is 10.7. The molecule has 0 saturated carbocycles. The first-order valence-electron chi connectivity index (χ1n) is 10.1. The SMILES string of the molecule is CCCCOc1ccc(-c2csc(NC(=O)CCCOc3ccc(Cl)cc3Cl)n2)cc1. The first kappa shape index (κ1) is 23.4. The molecule has 0 aliphatic heterocycles. The van der Waals surface area contributed by atoms with Crippen LogP contribution in [0.15, 0.2) is 47.8 Å². The van der Waals surface area contributed by atoms with Crippen LogP contribution < -0.4 is 14.8 Å². The number of nitrogens with zero attached hydrogens (tertiary/aromatic N) is 1. The summed E-state index contributed by atoms with van der Waals surface area (Å²) in [6.07, 6.45) is 3.03. The van der Waals surface area contributed by atoms with E-state index in [1.807, 2.05) is 29.6 Å². The number of thiazole rings is 1. The molecule has 0 fully saturated rings. The maximum Gasteiger partial charge on any atom is 0.226 e. The average Bonchev–Trinajstić information content (AvgIpc) is 3.21. The molecule has 0 aliphatic carbocycles. The van der Waals surface area contributed by atoms with Gasteiger partial charge in [-0.25, -0.2) is 4.98 Å². The highest BCUT2D eigenvalue weighted by Gasteiger charge is 2.09. The Kier molecular flexibility index (Phi) is 9.00. The van der Waals surface area contributed by atoms with Gasteiger partial charge in [-0.3, -0.25) is 4.79 Å². The van der Waals surface area contributed by atoms with Crippen LogP contribution in [0.4, 0.5) is 5.13 Å². The van der Waals surface area contributed by atoms with Crippen LogP contribution in [0.3, 0.4) is 0 Å². The van der Waals surface area contributed by atoms with E-state index < -0.39 is 0 Å². The molecule has 1 N–H and O–H groups in total. The van der Waals surface area contributed by atoms with Crippen molar-refractivity contribution < 1.29 is 14.3 Å². The van der Waals surface area contributed by atoms with E-state index in [-0.39, 0.29) is 5.91 Å². The van der Waals surface area contributed by atoms with Gasteiger partial charge in [-0.2, -0.15) is 0 Å². The Balaban J connectivity index is 1.43. The Bertz CT molecular complexity index is 993. The van der Waals surface area contributed by atoms with Gasteiger partial charge in [0.2, 0.25) is 5.91 Å². The second-order valence-corrected chi connectivity index (χ2v) is 8.54. The van der Waals surface area contributed by atoms with Crippen molar-refractivity contribution in [3.05, 3.63) is 57.9 Å². The van der Waals surface area contributed by atoms with Gasteiger partial charge >= 0.3 is 0 Å². The molecule has 164 valence electrons. The smallest absolute Gasteiger partial charge is 0.226 e. The fourth-order valence-corrected chi connectivity index (χ4v) is 3.91. The number of benzene rings is 2. The van der Waals surface area contributed by atoms with Crippen LogP contribution >= 0.6 is 34.5 Å². The number of hydrogen-bond donors (Lipinski definition) is 1. The molecular formula is C23H24Cl2N2O3S. The van der Waals surface area contributed by atoms with Crippen LogP contribution in [-0.4, -0.2) is 24.1 Å². The minimum Gasteiger partial charge on any atom is -0.494 e. The largest absolute Gasteiger partial charge is 0.494 e. The van der Waals surface area contributed by atoms with E-state index in [9.17, 15) is 4.79 Å². The second kappa shape index (κ2) is 11.9. The summed E-state index contributed by atoms with van der Waals surface area (Å²) in [5.74, 6) is 1.30. The molecule has 1 heterocycles. The number of amides is 1. The first-order valence-corrected chi connectivity index (χ1v) is 11.7. The van der Waals surface area contributed by atoms with E-state index in [0.717, 1.165) is 36.5 Å². The molecule has 1 aromatic heterocycles. The maximum atomic E-state index is 12.2. The molecule has 3 rings (SSSR count). The van der Waals surface area contributed by atoms with E-state index in [1.165, 1.54) is 11.3 Å². The van der Waals surface area contributed by atoms with Gasteiger partial charge < -0.3 is 14.8 Å². The number of hydrogen-bond acceptors (Lipinski definition) is 5. The molecule has 0 spiro atoms. The summed E-state index contributed by atoms with van der Waals surface area (Å²) in [6, 6.07) is 12.9. The number of unbranched alkanes of at least 4 members (excludes halogenated alkanes) is 1. The third kappa shape index (κ3) is 7.42. The molecule has 5 nitrogen and oxygen atoms in total. The third-order valence-electron chi connectivity index (χ3n) is 4.37. The van der Waals surface area contributed by atoms with Crippen molar-refractivity contribution in [3.63, 3.8) is 0 Å². The van der Waals surface area contributed by atoms with Crippen molar-refractivity contribution in [2.24, 2.45) is 0 Å². The molecule has 8 heteroatoms. The summed E-state index contributed by atoms with van der Waals surface area (Å²) in [5.41, 5.74) is 1.80. The van der Waals surface area contributed by atoms with Gasteiger partial charge in [-0.1, -0.05) is 36.5 Å². The number of halogens is 2. The average molecular weight is 479 g/mol. The highest BCUT2D eigenvalue weighted by Crippen LogP contribution is 2.28. The lowest BCUT2D eigenvalue weighted by Crippen LogP contribution is -2.12. The summed E-state index contributed by atoms with van der Waals surface area (Å²) in [6.45, 7) is 3.24. The van der Waals surface area contributed by atoms with E-state index in [4.69, 9.17) is 32.7 Å². The van der Waals surface area contributed by atoms with E-state index >= 15 is 0 Å². The standard InChI is InChI=1S/C23H24Cl2N2O3S/c1-2-3-12-29-18-9-6-16(7-10-18)20-15-31-23(26-20)27-22(28)5-4-13-30-21-11-8-17(24)14-19(21)25/h6-11,14-15H,2-5,12-13H2,1H3,(H,26,27,28). The van der Waals surface area contributed by atoms with Crippen LogP contribution in [0.5, 0.6) is 11.5 Å². The summed E-state index contributed by atoms with van der Waals surface area (Å²) in [4.78, 5) is 16.7. The molecule has 2 aromatic carbocycles. The molecule has 3 aromatic rings. The molecule has 31 heavy (non-hydrogen) atoms. The van der Waals surface area contributed by atoms with E-state index in [2.05, 4.69) is 17.2 Å². The Morgan fingerprint density at radius 3 is 2.58 bits per heavy atom. The fraction of sp³-hybridized carbons (Fsp3) is 0.304. The number of anilines is 1. The number of carbonyl (C=O) groups excluding carboxylic acids is 1. The van der Waals surface area contributed by atoms with Crippen LogP contribution in [0, 0.1) is 0 Å². The van der Waals surface area contributed by atoms with Crippen LogP contribution in [-0.2, 0) is 4.79 Å². The molecule has 0 saturated heterocycles. The molecular weight excluding hydrogens is 455 g/mol. The zero-order valence-corrected chi connectivity index (χ0v) is 19.5. The van der Waals surface area contributed by atoms with Gasteiger partial charge in [0.25, 0.3) is 0 Å². The van der Waals surface area contributed by atoms with Gasteiger partial charge in [-0.05, 0) is 55.3 Å². The Morgan fingerprint density at radius 2 is 1.84 bits per heavy atom. The van der Waals surface area contributed by atoms with Crippen LogP contribution in [0.1, 0.15) is 32.6 Å². The number of nitrogens with one attached hydrogen (secondary N) is 1. The van der Waals surface area contributed by atoms with Crippen molar-refractivity contribution >= 4 is 45.6 Å². The predicted octanol–water partition coefficient (Wildman–Crippen LogP) is 7.09. The molecule has 0 bridgehead atoms. The molecule has 0 atom stereocenters. The highest BCUT2D eigenvalue weighted by atomic mass is 35.5. The number of carbonyl (C=O) groups is 1. The summed E-state index contributed by atoms with van der Waals surface area (Å²) in [7, 11) is 0. The van der Waals surface area contributed by atoms with Crippen molar-refractivity contribution in [1.82, 2.24) is 4.98 Å². The van der Waals surface area contributed by atoms with Gasteiger partial charge in [0.05, 0.1) is 23.9 Å². The van der Waals surface area contributed by atoms with E-state index in [1.54, 1.807) is 18.2 Å². The number of ether oxygens (including phenoxy) is 2. The van der Waals surface area contributed by atoms with Gasteiger partial charge in [-0.15, -0.1) is 11.3 Å². The summed E-state index contributed by atoms with van der Waals surface area (Å²) >= 11 is 13.3. The zero-order valence-electron chi connectivity index (χ0n) is 17.2. The lowest BCUT2D eigenvalue weighted by atomic mass is 10.2. The van der Waals surface area contributed by atoms with Crippen molar-refractivity contribution in [3.8, 4) is 22.8 Å². The van der Waals surface area contributed by atoms with Crippen LogP contribution in [0.2, 0.25) is 10.0 Å². The summed E-state index contributed by atoms with van der Waals surface area (Å²) in [5, 5.41) is 6.34. The Hall–Kier alpha value is -2.28. The molecule has 0 aliphatic rings. The van der Waals surface area contributed by atoms with E-state index in [0.29, 0.717) is 40.4 Å². The predicted molar refractivity (Wildman–Crippen MR) is 128 cm³/mol. The molecule has 0 unspecified atom stereocenters. The topological polar surface area (TPSA) is 60.5 Å². The minimum atomic E-state index is -0.105. The molecule has 1 amide bonds. The minimum absolute atomic E-state index is 0.105. The number of rotatable bonds is 11. The van der Waals surface area contributed by atoms with Gasteiger partial charge in [0.1, 0.15) is 11.5 Å². The monoisotopic (exact) mass is 478 g/mol.